The second-order valence-corrected chi connectivity index (χ2v) is 8.92. The van der Waals surface area contributed by atoms with Gasteiger partial charge in [-0.1, -0.05) is 13.8 Å². The van der Waals surface area contributed by atoms with Gasteiger partial charge in [0.1, 0.15) is 28.5 Å². The molecule has 0 aliphatic rings. The molecule has 0 fully saturated rings. The van der Waals surface area contributed by atoms with Gasteiger partial charge in [0.2, 0.25) is 0 Å². The van der Waals surface area contributed by atoms with Crippen LogP contribution in [0.15, 0.2) is 48.7 Å². The highest BCUT2D eigenvalue weighted by atomic mass is 19.4. The first-order chi connectivity index (χ1) is 19.1. The number of Topliss-reactive ketones (excluding diaryl/α,β-unsaturated/α-hetero) is 1. The number of hydrogen-bond acceptors (Lipinski definition) is 7. The van der Waals surface area contributed by atoms with Gasteiger partial charge in [-0.2, -0.15) is 13.2 Å². The molecule has 41 heavy (non-hydrogen) atoms. The molecule has 0 spiro atoms. The fourth-order valence-electron chi connectivity index (χ4n) is 3.43. The van der Waals surface area contributed by atoms with Crippen LogP contribution in [0.5, 0.6) is 28.7 Å². The number of rotatable bonds is 10. The van der Waals surface area contributed by atoms with Crippen molar-refractivity contribution in [3.63, 3.8) is 0 Å². The minimum absolute atomic E-state index is 0.00880. The second kappa shape index (κ2) is 12.4. The van der Waals surface area contributed by atoms with Crippen LogP contribution in [0, 0.1) is 5.92 Å². The van der Waals surface area contributed by atoms with Gasteiger partial charge in [0, 0.05) is 24.9 Å². The fourth-order valence-corrected chi connectivity index (χ4v) is 3.43. The minimum atomic E-state index is -5.00. The SMILES string of the molecule is COc1cc(OC(F)(F)F)ccc1Oc1ccc(C(F)(F)F)c(OCC(C)C)c1C(=O)Nc1ccnc(C(C)=O)c1. The fraction of sp³-hybridized carbons (Fsp3) is 0.296. The number of halogens is 6. The molecule has 0 aliphatic heterocycles. The van der Waals surface area contributed by atoms with Crippen molar-refractivity contribution in [3.05, 3.63) is 65.5 Å². The Kier molecular flexibility index (Phi) is 9.35. The molecule has 0 unspecified atom stereocenters. The van der Waals surface area contributed by atoms with E-state index in [1.165, 1.54) is 25.3 Å². The van der Waals surface area contributed by atoms with Crippen molar-refractivity contribution < 1.29 is 54.9 Å². The standard InChI is InChI=1S/C27H24F6N2O6/c1-14(2)13-39-24-18(26(28,29)30)6-8-21(23(24)25(37)35-16-9-10-34-19(11-16)15(3)36)40-20-7-5-17(12-22(20)38-4)41-27(31,32)33/h5-12,14H,13H2,1-4H3,(H,34,35,37). The number of carbonyl (C=O) groups is 2. The van der Waals surface area contributed by atoms with Gasteiger partial charge in [0.05, 0.1) is 19.3 Å². The van der Waals surface area contributed by atoms with Gasteiger partial charge in [-0.15, -0.1) is 13.2 Å². The van der Waals surface area contributed by atoms with E-state index in [0.29, 0.717) is 6.07 Å². The highest BCUT2D eigenvalue weighted by Crippen LogP contribution is 2.45. The summed E-state index contributed by atoms with van der Waals surface area (Å²) in [6.45, 7) is 4.40. The van der Waals surface area contributed by atoms with Gasteiger partial charge in [-0.25, -0.2) is 0 Å². The third kappa shape index (κ3) is 8.25. The molecule has 220 valence electrons. The topological polar surface area (TPSA) is 96.0 Å². The summed E-state index contributed by atoms with van der Waals surface area (Å²) in [7, 11) is 1.12. The van der Waals surface area contributed by atoms with Crippen molar-refractivity contribution in [1.29, 1.82) is 0 Å². The highest BCUT2D eigenvalue weighted by molar-refractivity contribution is 6.09. The van der Waals surface area contributed by atoms with Crippen LogP contribution in [-0.4, -0.2) is 36.8 Å². The number of nitrogens with zero attached hydrogens (tertiary/aromatic N) is 1. The molecule has 3 aromatic rings. The van der Waals surface area contributed by atoms with E-state index in [2.05, 4.69) is 15.0 Å². The van der Waals surface area contributed by atoms with E-state index in [-0.39, 0.29) is 35.4 Å². The quantitative estimate of drug-likeness (QED) is 0.197. The Hall–Kier alpha value is -4.49. The molecule has 2 aromatic carbocycles. The number of benzene rings is 2. The molecule has 1 amide bonds. The van der Waals surface area contributed by atoms with Crippen LogP contribution in [0.2, 0.25) is 0 Å². The molecular weight excluding hydrogens is 562 g/mol. The van der Waals surface area contributed by atoms with E-state index >= 15 is 0 Å². The van der Waals surface area contributed by atoms with Crippen molar-refractivity contribution in [2.75, 3.05) is 19.0 Å². The lowest BCUT2D eigenvalue weighted by atomic mass is 10.1. The van der Waals surface area contributed by atoms with Gasteiger partial charge in [-0.05, 0) is 42.3 Å². The van der Waals surface area contributed by atoms with E-state index in [0.717, 1.165) is 31.4 Å². The molecule has 8 nitrogen and oxygen atoms in total. The number of ether oxygens (including phenoxy) is 4. The number of carbonyl (C=O) groups excluding carboxylic acids is 2. The number of amides is 1. The molecule has 0 atom stereocenters. The third-order valence-corrected chi connectivity index (χ3v) is 5.18. The monoisotopic (exact) mass is 586 g/mol. The first-order valence-electron chi connectivity index (χ1n) is 11.9. The number of nitrogens with one attached hydrogen (secondary N) is 1. The van der Waals surface area contributed by atoms with Crippen LogP contribution in [0.25, 0.3) is 0 Å². The first-order valence-corrected chi connectivity index (χ1v) is 11.9. The predicted octanol–water partition coefficient (Wildman–Crippen LogP) is 7.29. The Morgan fingerprint density at radius 3 is 2.22 bits per heavy atom. The maximum absolute atomic E-state index is 14.0. The summed E-state index contributed by atoms with van der Waals surface area (Å²) < 4.78 is 100. The molecule has 1 heterocycles. The summed E-state index contributed by atoms with van der Waals surface area (Å²) in [4.78, 5) is 29.1. The van der Waals surface area contributed by atoms with E-state index in [1.54, 1.807) is 13.8 Å². The van der Waals surface area contributed by atoms with Crippen molar-refractivity contribution >= 4 is 17.4 Å². The van der Waals surface area contributed by atoms with Gasteiger partial charge in [0.25, 0.3) is 5.91 Å². The summed E-state index contributed by atoms with van der Waals surface area (Å²) >= 11 is 0. The Bertz CT molecular complexity index is 1420. The van der Waals surface area contributed by atoms with E-state index in [9.17, 15) is 35.9 Å². The van der Waals surface area contributed by atoms with Gasteiger partial charge in [0.15, 0.2) is 17.3 Å². The van der Waals surface area contributed by atoms with Crippen molar-refractivity contribution in [2.24, 2.45) is 5.92 Å². The zero-order chi connectivity index (χ0) is 30.5. The number of anilines is 1. The van der Waals surface area contributed by atoms with Crippen LogP contribution in [0.1, 0.15) is 47.2 Å². The van der Waals surface area contributed by atoms with Crippen LogP contribution < -0.4 is 24.3 Å². The first kappa shape index (κ1) is 31.0. The maximum atomic E-state index is 14.0. The third-order valence-electron chi connectivity index (χ3n) is 5.18. The lowest BCUT2D eigenvalue weighted by Crippen LogP contribution is -2.20. The average molecular weight is 586 g/mol. The summed E-state index contributed by atoms with van der Waals surface area (Å²) in [6, 6.07) is 6.83. The van der Waals surface area contributed by atoms with E-state index in [4.69, 9.17) is 14.2 Å². The number of hydrogen-bond donors (Lipinski definition) is 1. The lowest BCUT2D eigenvalue weighted by Gasteiger charge is -2.21. The lowest BCUT2D eigenvalue weighted by molar-refractivity contribution is -0.274. The molecule has 0 saturated carbocycles. The number of pyridine rings is 1. The normalized spacial score (nSPS) is 11.7. The molecule has 1 N–H and O–H groups in total. The van der Waals surface area contributed by atoms with Crippen LogP contribution in [0.4, 0.5) is 32.0 Å². The van der Waals surface area contributed by atoms with Gasteiger partial charge >= 0.3 is 12.5 Å². The zero-order valence-electron chi connectivity index (χ0n) is 22.1. The van der Waals surface area contributed by atoms with E-state index in [1.807, 2.05) is 0 Å². The number of ketones is 1. The highest BCUT2D eigenvalue weighted by Gasteiger charge is 2.38. The summed E-state index contributed by atoms with van der Waals surface area (Å²) in [6.07, 6.45) is -8.71. The molecule has 14 heteroatoms. The number of alkyl halides is 6. The molecule has 0 aliphatic carbocycles. The van der Waals surface area contributed by atoms with Gasteiger partial charge in [-0.3, -0.25) is 14.6 Å². The number of aromatic nitrogens is 1. The number of methoxy groups -OCH3 is 1. The van der Waals surface area contributed by atoms with Crippen molar-refractivity contribution in [3.8, 4) is 28.7 Å². The zero-order valence-corrected chi connectivity index (χ0v) is 22.1. The molecule has 0 radical (unpaired) electrons. The molecule has 3 rings (SSSR count). The van der Waals surface area contributed by atoms with Gasteiger partial charge < -0.3 is 24.3 Å². The molecule has 0 saturated heterocycles. The van der Waals surface area contributed by atoms with Crippen LogP contribution in [-0.2, 0) is 6.18 Å². The Labute approximate surface area is 230 Å². The Morgan fingerprint density at radius 1 is 0.951 bits per heavy atom. The Morgan fingerprint density at radius 2 is 1.63 bits per heavy atom. The summed E-state index contributed by atoms with van der Waals surface area (Å²) in [5.41, 5.74) is -1.90. The average Bonchev–Trinajstić information content (AvgIpc) is 2.86. The molecule has 1 aromatic heterocycles. The summed E-state index contributed by atoms with van der Waals surface area (Å²) in [5, 5.41) is 2.42. The maximum Gasteiger partial charge on any atom is 0.573 e. The summed E-state index contributed by atoms with van der Waals surface area (Å²) in [5.74, 6) is -4.19. The molecular formula is C27H24F6N2O6. The van der Waals surface area contributed by atoms with Crippen molar-refractivity contribution in [2.45, 2.75) is 33.3 Å². The second-order valence-electron chi connectivity index (χ2n) is 8.92. The van der Waals surface area contributed by atoms with E-state index < -0.39 is 52.6 Å². The predicted molar refractivity (Wildman–Crippen MR) is 134 cm³/mol. The van der Waals surface area contributed by atoms with Crippen molar-refractivity contribution in [1.82, 2.24) is 4.98 Å². The largest absolute Gasteiger partial charge is 0.573 e. The van der Waals surface area contributed by atoms with Crippen LogP contribution in [0.3, 0.4) is 0 Å². The smallest absolute Gasteiger partial charge is 0.493 e. The van der Waals surface area contributed by atoms with Crippen LogP contribution >= 0.6 is 0 Å². The minimum Gasteiger partial charge on any atom is -0.493 e. The Balaban J connectivity index is 2.16. The molecule has 0 bridgehead atoms.